The number of para-hydroxylation sites is 1. The second-order valence-electron chi connectivity index (χ2n) is 8.48. The van der Waals surface area contributed by atoms with Crippen LogP contribution in [0.4, 0.5) is 0 Å². The Morgan fingerprint density at radius 1 is 1.06 bits per heavy atom. The van der Waals surface area contributed by atoms with E-state index in [1.807, 2.05) is 30.5 Å². The van der Waals surface area contributed by atoms with Crippen LogP contribution in [0.1, 0.15) is 53.0 Å². The van der Waals surface area contributed by atoms with Crippen molar-refractivity contribution in [3.63, 3.8) is 0 Å². The lowest BCUT2D eigenvalue weighted by atomic mass is 9.96. The van der Waals surface area contributed by atoms with Crippen LogP contribution in [0.3, 0.4) is 0 Å². The number of nitrogens with one attached hydrogen (secondary N) is 1. The Labute approximate surface area is 200 Å². The Kier molecular flexibility index (Phi) is 5.77. The van der Waals surface area contributed by atoms with Crippen molar-refractivity contribution in [3.05, 3.63) is 107 Å². The zero-order valence-electron chi connectivity index (χ0n) is 19.2. The second-order valence-corrected chi connectivity index (χ2v) is 8.86. The molecule has 0 aliphatic carbocycles. The van der Waals surface area contributed by atoms with Crippen molar-refractivity contribution in [2.75, 3.05) is 0 Å². The van der Waals surface area contributed by atoms with Crippen LogP contribution in [-0.4, -0.2) is 19.6 Å². The molecule has 0 radical (unpaired) electrons. The van der Waals surface area contributed by atoms with Gasteiger partial charge >= 0.3 is 0 Å². The van der Waals surface area contributed by atoms with E-state index in [2.05, 4.69) is 76.9 Å². The van der Waals surface area contributed by atoms with Gasteiger partial charge in [0, 0.05) is 23.3 Å². The molecule has 168 valence electrons. The molecule has 1 fully saturated rings. The van der Waals surface area contributed by atoms with Crippen LogP contribution >= 0.6 is 12.2 Å². The van der Waals surface area contributed by atoms with E-state index in [-0.39, 0.29) is 12.1 Å². The van der Waals surface area contributed by atoms with Gasteiger partial charge in [0.25, 0.3) is 0 Å². The SMILES string of the molecule is CCc1ccccc1-n1c(C)cc([C@H]2[C@H](c3ccccn3)NC(=S)N2Cc2ccco2)c1C. The molecule has 3 aromatic heterocycles. The van der Waals surface area contributed by atoms with Gasteiger partial charge in [-0.2, -0.15) is 0 Å². The van der Waals surface area contributed by atoms with E-state index in [1.165, 1.54) is 28.2 Å². The van der Waals surface area contributed by atoms with E-state index in [0.29, 0.717) is 11.7 Å². The van der Waals surface area contributed by atoms with Crippen molar-refractivity contribution in [2.24, 2.45) is 0 Å². The topological polar surface area (TPSA) is 46.2 Å². The standard InChI is InChI=1S/C27H28N4OS/c1-4-20-10-5-6-13-24(20)31-18(2)16-22(19(31)3)26-25(23-12-7-8-14-28-23)29-27(33)30(26)17-21-11-9-15-32-21/h5-16,25-26H,4,17H2,1-3H3,(H,29,33)/t25-,26-/m0/s1. The molecule has 0 bridgehead atoms. The predicted molar refractivity (Wildman–Crippen MR) is 134 cm³/mol. The molecule has 0 spiro atoms. The molecule has 4 heterocycles. The van der Waals surface area contributed by atoms with E-state index < -0.39 is 0 Å². The van der Waals surface area contributed by atoms with Crippen LogP contribution in [0.5, 0.6) is 0 Å². The van der Waals surface area contributed by atoms with Crippen molar-refractivity contribution >= 4 is 17.3 Å². The third-order valence-electron chi connectivity index (χ3n) is 6.51. The van der Waals surface area contributed by atoms with Gasteiger partial charge in [0.2, 0.25) is 0 Å². The third kappa shape index (κ3) is 3.85. The van der Waals surface area contributed by atoms with Crippen LogP contribution in [0.2, 0.25) is 0 Å². The smallest absolute Gasteiger partial charge is 0.170 e. The first-order chi connectivity index (χ1) is 16.1. The minimum absolute atomic E-state index is 0.00811. The normalized spacial score (nSPS) is 18.0. The van der Waals surface area contributed by atoms with E-state index in [1.54, 1.807) is 6.26 Å². The number of hydrogen-bond acceptors (Lipinski definition) is 3. The van der Waals surface area contributed by atoms with Crippen molar-refractivity contribution in [3.8, 4) is 5.69 Å². The molecule has 5 nitrogen and oxygen atoms in total. The Hall–Kier alpha value is -3.38. The number of nitrogens with zero attached hydrogens (tertiary/aromatic N) is 3. The number of furan rings is 1. The Balaban J connectivity index is 1.64. The molecule has 33 heavy (non-hydrogen) atoms. The predicted octanol–water partition coefficient (Wildman–Crippen LogP) is 5.82. The molecule has 1 aromatic carbocycles. The summed E-state index contributed by atoms with van der Waals surface area (Å²) in [6.45, 7) is 7.18. The molecule has 6 heteroatoms. The average Bonchev–Trinajstić information content (AvgIpc) is 3.53. The molecule has 1 saturated heterocycles. The van der Waals surface area contributed by atoms with Gasteiger partial charge in [0.1, 0.15) is 5.76 Å². The molecule has 0 unspecified atom stereocenters. The van der Waals surface area contributed by atoms with Crippen LogP contribution < -0.4 is 5.32 Å². The summed E-state index contributed by atoms with van der Waals surface area (Å²) in [5, 5.41) is 4.26. The van der Waals surface area contributed by atoms with Crippen molar-refractivity contribution < 1.29 is 4.42 Å². The van der Waals surface area contributed by atoms with E-state index >= 15 is 0 Å². The lowest BCUT2D eigenvalue weighted by Gasteiger charge is -2.27. The quantitative estimate of drug-likeness (QED) is 0.371. The highest BCUT2D eigenvalue weighted by Crippen LogP contribution is 2.42. The van der Waals surface area contributed by atoms with Crippen LogP contribution in [0.25, 0.3) is 5.69 Å². The third-order valence-corrected chi connectivity index (χ3v) is 6.86. The fraction of sp³-hybridized carbons (Fsp3) is 0.259. The maximum atomic E-state index is 5.82. The Morgan fingerprint density at radius 3 is 2.61 bits per heavy atom. The molecule has 0 saturated carbocycles. The number of hydrogen-bond donors (Lipinski definition) is 1. The van der Waals surface area contributed by atoms with E-state index in [4.69, 9.17) is 16.6 Å². The van der Waals surface area contributed by atoms with Crippen LogP contribution in [0, 0.1) is 13.8 Å². The summed E-state index contributed by atoms with van der Waals surface area (Å²) in [5.74, 6) is 0.885. The maximum Gasteiger partial charge on any atom is 0.170 e. The Bertz CT molecular complexity index is 1260. The van der Waals surface area contributed by atoms with Crippen molar-refractivity contribution in [2.45, 2.75) is 45.8 Å². The lowest BCUT2D eigenvalue weighted by molar-refractivity contribution is 0.286. The van der Waals surface area contributed by atoms with Gasteiger partial charge in [-0.05, 0) is 80.0 Å². The number of aryl methyl sites for hydroxylation is 2. The molecular weight excluding hydrogens is 428 g/mol. The molecular formula is C27H28N4OS. The highest BCUT2D eigenvalue weighted by atomic mass is 32.1. The monoisotopic (exact) mass is 456 g/mol. The molecule has 2 atom stereocenters. The van der Waals surface area contributed by atoms with Crippen LogP contribution in [-0.2, 0) is 13.0 Å². The van der Waals surface area contributed by atoms with Crippen molar-refractivity contribution in [1.82, 2.24) is 19.8 Å². The van der Waals surface area contributed by atoms with Crippen molar-refractivity contribution in [1.29, 1.82) is 0 Å². The minimum atomic E-state index is -0.0518. The van der Waals surface area contributed by atoms with E-state index in [0.717, 1.165) is 17.9 Å². The number of rotatable bonds is 6. The number of benzene rings is 1. The highest BCUT2D eigenvalue weighted by Gasteiger charge is 2.41. The fourth-order valence-corrected chi connectivity index (χ4v) is 5.28. The summed E-state index contributed by atoms with van der Waals surface area (Å²) in [5.41, 5.74) is 7.22. The summed E-state index contributed by atoms with van der Waals surface area (Å²) in [6, 6.07) is 20.8. The lowest BCUT2D eigenvalue weighted by Crippen LogP contribution is -2.29. The van der Waals surface area contributed by atoms with E-state index in [9.17, 15) is 0 Å². The number of aromatic nitrogens is 2. The molecule has 4 aromatic rings. The first-order valence-corrected chi connectivity index (χ1v) is 11.8. The zero-order chi connectivity index (χ0) is 22.9. The largest absolute Gasteiger partial charge is 0.467 e. The zero-order valence-corrected chi connectivity index (χ0v) is 20.0. The summed E-state index contributed by atoms with van der Waals surface area (Å²) >= 11 is 5.82. The maximum absolute atomic E-state index is 5.82. The van der Waals surface area contributed by atoms with Gasteiger partial charge in [-0.1, -0.05) is 31.2 Å². The molecule has 5 rings (SSSR count). The van der Waals surface area contributed by atoms with Gasteiger partial charge in [0.05, 0.1) is 30.6 Å². The molecule has 0 amide bonds. The van der Waals surface area contributed by atoms with Gasteiger partial charge in [-0.3, -0.25) is 4.98 Å². The van der Waals surface area contributed by atoms with Crippen LogP contribution in [0.15, 0.2) is 77.5 Å². The Morgan fingerprint density at radius 2 is 1.88 bits per heavy atom. The highest BCUT2D eigenvalue weighted by molar-refractivity contribution is 7.80. The summed E-state index contributed by atoms with van der Waals surface area (Å²) in [7, 11) is 0. The van der Waals surface area contributed by atoms with Gasteiger partial charge in [-0.15, -0.1) is 0 Å². The number of pyridine rings is 1. The average molecular weight is 457 g/mol. The summed E-state index contributed by atoms with van der Waals surface area (Å²) in [4.78, 5) is 6.90. The first kappa shape index (κ1) is 21.5. The fourth-order valence-electron chi connectivity index (χ4n) is 4.97. The summed E-state index contributed by atoms with van der Waals surface area (Å²) in [6.07, 6.45) is 4.53. The molecule has 1 N–H and O–H groups in total. The van der Waals surface area contributed by atoms with Gasteiger partial charge in [0.15, 0.2) is 5.11 Å². The first-order valence-electron chi connectivity index (χ1n) is 11.4. The molecule has 1 aliphatic heterocycles. The molecule has 1 aliphatic rings. The summed E-state index contributed by atoms with van der Waals surface area (Å²) < 4.78 is 8.05. The minimum Gasteiger partial charge on any atom is -0.467 e. The number of thiocarbonyl (C=S) groups is 1. The van der Waals surface area contributed by atoms with Gasteiger partial charge in [-0.25, -0.2) is 0 Å². The second kappa shape index (κ2) is 8.87. The van der Waals surface area contributed by atoms with Gasteiger partial charge < -0.3 is 19.2 Å².